The Labute approximate surface area is 60.4 Å². The summed E-state index contributed by atoms with van der Waals surface area (Å²) < 4.78 is 0. The van der Waals surface area contributed by atoms with Crippen molar-refractivity contribution in [3.05, 3.63) is 35.3 Å². The van der Waals surface area contributed by atoms with E-state index in [2.05, 4.69) is 0 Å². The van der Waals surface area contributed by atoms with Crippen molar-refractivity contribution in [1.82, 2.24) is 0 Å². The maximum Gasteiger partial charge on any atom is 0.189 e. The number of allylic oxidation sites excluding steroid dienone is 5. The maximum absolute atomic E-state index is 8.92. The molecule has 1 rings (SSSR count). The van der Waals surface area contributed by atoms with E-state index in [1.54, 1.807) is 0 Å². The smallest absolute Gasteiger partial charge is 0.189 e. The van der Waals surface area contributed by atoms with Gasteiger partial charge in [0.15, 0.2) is 5.88 Å². The lowest BCUT2D eigenvalue weighted by Gasteiger charge is -2.00. The fraction of sp³-hybridized carbons (Fsp3) is 0.250. The lowest BCUT2D eigenvalue weighted by Crippen LogP contribution is -1.99. The second-order valence-corrected chi connectivity index (χ2v) is 2.20. The average Bonchev–Trinajstić information content (AvgIpc) is 2.33. The summed E-state index contributed by atoms with van der Waals surface area (Å²) in [6.45, 7) is 2.03. The minimum absolute atomic E-state index is 0.0816. The molecule has 0 aliphatic heterocycles. The van der Waals surface area contributed by atoms with Crippen LogP contribution in [0.2, 0.25) is 0 Å². The summed E-state index contributed by atoms with van der Waals surface area (Å²) in [6.07, 6.45) is 6.56. The summed E-state index contributed by atoms with van der Waals surface area (Å²) in [5.74, 6) is -0.0816. The van der Waals surface area contributed by atoms with Crippen LogP contribution in [0, 0.1) is 0 Å². The Bertz CT molecular complexity index is 219. The number of nitrogens with two attached hydrogens (primary N) is 1. The number of hydrogen-bond acceptors (Lipinski definition) is 2. The van der Waals surface area contributed by atoms with Crippen molar-refractivity contribution in [3.63, 3.8) is 0 Å². The van der Waals surface area contributed by atoms with E-state index in [0.29, 0.717) is 0 Å². The van der Waals surface area contributed by atoms with Gasteiger partial charge in [-0.25, -0.2) is 0 Å². The van der Waals surface area contributed by atoms with Crippen molar-refractivity contribution < 1.29 is 5.11 Å². The first-order chi connectivity index (χ1) is 4.75. The van der Waals surface area contributed by atoms with Gasteiger partial charge in [0.1, 0.15) is 0 Å². The predicted molar refractivity (Wildman–Crippen MR) is 41.4 cm³/mol. The van der Waals surface area contributed by atoms with Crippen LogP contribution in [0.15, 0.2) is 35.3 Å². The molecule has 0 saturated carbocycles. The SMILES string of the molecule is CCC1=CC=CC1=C(N)O. The maximum atomic E-state index is 8.92. The Kier molecular flexibility index (Phi) is 1.81. The van der Waals surface area contributed by atoms with Gasteiger partial charge in [-0.2, -0.15) is 0 Å². The molecule has 0 spiro atoms. The van der Waals surface area contributed by atoms with Crippen molar-refractivity contribution >= 4 is 0 Å². The molecule has 2 nitrogen and oxygen atoms in total. The predicted octanol–water partition coefficient (Wildman–Crippen LogP) is 1.62. The highest BCUT2D eigenvalue weighted by Gasteiger charge is 2.07. The van der Waals surface area contributed by atoms with Crippen LogP contribution < -0.4 is 5.73 Å². The highest BCUT2D eigenvalue weighted by atomic mass is 16.3. The summed E-state index contributed by atoms with van der Waals surface area (Å²) >= 11 is 0. The molecular weight excluding hydrogens is 126 g/mol. The van der Waals surface area contributed by atoms with E-state index >= 15 is 0 Å². The van der Waals surface area contributed by atoms with Gasteiger partial charge in [-0.15, -0.1) is 0 Å². The van der Waals surface area contributed by atoms with Gasteiger partial charge in [0.05, 0.1) is 0 Å². The van der Waals surface area contributed by atoms with E-state index in [1.807, 2.05) is 25.2 Å². The molecule has 0 amide bonds. The van der Waals surface area contributed by atoms with E-state index in [0.717, 1.165) is 17.6 Å². The summed E-state index contributed by atoms with van der Waals surface area (Å²) in [4.78, 5) is 0. The largest absolute Gasteiger partial charge is 0.495 e. The molecule has 0 aromatic carbocycles. The van der Waals surface area contributed by atoms with Gasteiger partial charge in [-0.3, -0.25) is 0 Å². The van der Waals surface area contributed by atoms with E-state index in [4.69, 9.17) is 10.8 Å². The van der Waals surface area contributed by atoms with Gasteiger partial charge in [-0.05, 0) is 18.1 Å². The Hall–Kier alpha value is -1.18. The van der Waals surface area contributed by atoms with Crippen LogP contribution in [0.4, 0.5) is 0 Å². The molecule has 10 heavy (non-hydrogen) atoms. The molecule has 0 fully saturated rings. The number of hydrogen-bond donors (Lipinski definition) is 2. The summed E-state index contributed by atoms with van der Waals surface area (Å²) in [6, 6.07) is 0. The molecule has 54 valence electrons. The standard InChI is InChI=1S/C8H11NO/c1-2-6-4-3-5-7(6)8(9)10/h3-5,10H,2,9H2,1H3. The second-order valence-electron chi connectivity index (χ2n) is 2.20. The highest BCUT2D eigenvalue weighted by molar-refractivity contribution is 5.48. The van der Waals surface area contributed by atoms with E-state index < -0.39 is 0 Å². The minimum atomic E-state index is -0.0816. The van der Waals surface area contributed by atoms with E-state index in [1.165, 1.54) is 0 Å². The zero-order valence-electron chi connectivity index (χ0n) is 5.96. The Morgan fingerprint density at radius 2 is 2.40 bits per heavy atom. The Morgan fingerprint density at radius 1 is 1.70 bits per heavy atom. The third kappa shape index (κ3) is 1.05. The number of aliphatic hydroxyl groups excluding tert-OH is 1. The molecule has 0 bridgehead atoms. The van der Waals surface area contributed by atoms with Crippen LogP contribution >= 0.6 is 0 Å². The molecule has 0 aromatic heterocycles. The third-order valence-corrected chi connectivity index (χ3v) is 1.56. The second kappa shape index (κ2) is 2.60. The van der Waals surface area contributed by atoms with Crippen LogP contribution in [-0.4, -0.2) is 5.11 Å². The minimum Gasteiger partial charge on any atom is -0.495 e. The molecule has 0 aromatic rings. The molecule has 1 aliphatic carbocycles. The van der Waals surface area contributed by atoms with Gasteiger partial charge in [0, 0.05) is 5.57 Å². The van der Waals surface area contributed by atoms with E-state index in [9.17, 15) is 0 Å². The van der Waals surface area contributed by atoms with Crippen molar-refractivity contribution in [2.24, 2.45) is 5.73 Å². The lowest BCUT2D eigenvalue weighted by molar-refractivity contribution is 0.401. The molecular formula is C8H11NO. The van der Waals surface area contributed by atoms with Crippen LogP contribution in [0.3, 0.4) is 0 Å². The Balaban J connectivity index is 2.92. The zero-order valence-corrected chi connectivity index (χ0v) is 5.96. The molecule has 3 N–H and O–H groups in total. The molecule has 0 atom stereocenters. The van der Waals surface area contributed by atoms with Gasteiger partial charge in [-0.1, -0.05) is 19.1 Å². The Morgan fingerprint density at radius 3 is 2.80 bits per heavy atom. The first-order valence-electron chi connectivity index (χ1n) is 3.32. The zero-order chi connectivity index (χ0) is 7.56. The first kappa shape index (κ1) is 6.93. The van der Waals surface area contributed by atoms with Gasteiger partial charge >= 0.3 is 0 Å². The monoisotopic (exact) mass is 137 g/mol. The van der Waals surface area contributed by atoms with Crippen molar-refractivity contribution in [1.29, 1.82) is 0 Å². The van der Waals surface area contributed by atoms with Gasteiger partial charge in [0.2, 0.25) is 0 Å². The fourth-order valence-electron chi connectivity index (χ4n) is 1.02. The molecule has 0 radical (unpaired) electrons. The third-order valence-electron chi connectivity index (χ3n) is 1.56. The van der Waals surface area contributed by atoms with Gasteiger partial charge < -0.3 is 10.8 Å². The molecule has 0 heterocycles. The molecule has 0 unspecified atom stereocenters. The van der Waals surface area contributed by atoms with Crippen LogP contribution in [0.1, 0.15) is 13.3 Å². The van der Waals surface area contributed by atoms with Crippen LogP contribution in [0.25, 0.3) is 0 Å². The van der Waals surface area contributed by atoms with Crippen molar-refractivity contribution in [2.45, 2.75) is 13.3 Å². The van der Waals surface area contributed by atoms with Crippen molar-refractivity contribution in [3.8, 4) is 0 Å². The lowest BCUT2D eigenvalue weighted by atomic mass is 10.1. The summed E-state index contributed by atoms with van der Waals surface area (Å²) in [5.41, 5.74) is 7.07. The average molecular weight is 137 g/mol. The first-order valence-corrected chi connectivity index (χ1v) is 3.32. The summed E-state index contributed by atoms with van der Waals surface area (Å²) in [5, 5.41) is 8.92. The molecule has 1 aliphatic rings. The topological polar surface area (TPSA) is 46.2 Å². The van der Waals surface area contributed by atoms with Gasteiger partial charge in [0.25, 0.3) is 0 Å². The molecule has 0 saturated heterocycles. The number of aliphatic hydroxyl groups is 1. The normalized spacial score (nSPS) is 21.1. The van der Waals surface area contributed by atoms with Crippen LogP contribution in [0.5, 0.6) is 0 Å². The number of rotatable bonds is 1. The summed E-state index contributed by atoms with van der Waals surface area (Å²) in [7, 11) is 0. The highest BCUT2D eigenvalue weighted by Crippen LogP contribution is 2.21. The van der Waals surface area contributed by atoms with E-state index in [-0.39, 0.29) is 5.88 Å². The quantitative estimate of drug-likeness (QED) is 0.539. The van der Waals surface area contributed by atoms with Crippen LogP contribution in [-0.2, 0) is 0 Å². The molecule has 2 heteroatoms. The fourth-order valence-corrected chi connectivity index (χ4v) is 1.02. The van der Waals surface area contributed by atoms with Crippen molar-refractivity contribution in [2.75, 3.05) is 0 Å².